The Bertz CT molecular complexity index is 924. The van der Waals surface area contributed by atoms with Gasteiger partial charge in [-0.1, -0.05) is 18.2 Å². The Morgan fingerprint density at radius 1 is 1.11 bits per heavy atom. The van der Waals surface area contributed by atoms with Crippen molar-refractivity contribution in [3.63, 3.8) is 0 Å². The molecule has 0 unspecified atom stereocenters. The molecule has 2 amide bonds. The Morgan fingerprint density at radius 2 is 1.74 bits per heavy atom. The van der Waals surface area contributed by atoms with Crippen LogP contribution in [0.15, 0.2) is 42.5 Å². The minimum Gasteiger partial charge on any atom is -0.465 e. The van der Waals surface area contributed by atoms with Crippen LogP contribution in [-0.4, -0.2) is 29.8 Å². The number of para-hydroxylation sites is 1. The fourth-order valence-corrected chi connectivity index (χ4v) is 2.69. The van der Waals surface area contributed by atoms with Gasteiger partial charge < -0.3 is 9.47 Å². The van der Waals surface area contributed by atoms with Crippen LogP contribution in [0.2, 0.25) is 0 Å². The Labute approximate surface area is 153 Å². The van der Waals surface area contributed by atoms with Crippen molar-refractivity contribution < 1.29 is 28.8 Å². The second-order valence-electron chi connectivity index (χ2n) is 5.63. The third-order valence-electron chi connectivity index (χ3n) is 3.92. The molecule has 0 saturated carbocycles. The molecule has 1 saturated heterocycles. The summed E-state index contributed by atoms with van der Waals surface area (Å²) in [6.07, 6.45) is -0.0558. The SMILES string of the molecule is COC(=O)c1cc(N2C(=O)CCC2=O)c(Oc2ccccc2)c([N+](=O)[O-])c1. The minimum absolute atomic E-state index is 0.0279. The van der Waals surface area contributed by atoms with Gasteiger partial charge in [0.05, 0.1) is 17.6 Å². The summed E-state index contributed by atoms with van der Waals surface area (Å²) in [5.74, 6) is -1.94. The second-order valence-corrected chi connectivity index (χ2v) is 5.63. The average molecular weight is 370 g/mol. The summed E-state index contributed by atoms with van der Waals surface area (Å²) in [6, 6.07) is 10.4. The maximum absolute atomic E-state index is 12.2. The van der Waals surface area contributed by atoms with Gasteiger partial charge in [-0.05, 0) is 18.2 Å². The molecule has 0 aromatic heterocycles. The van der Waals surface area contributed by atoms with Crippen LogP contribution < -0.4 is 9.64 Å². The molecule has 1 aliphatic rings. The molecule has 0 atom stereocenters. The van der Waals surface area contributed by atoms with Crippen molar-refractivity contribution in [1.29, 1.82) is 0 Å². The number of methoxy groups -OCH3 is 1. The van der Waals surface area contributed by atoms with Crippen molar-refractivity contribution in [3.8, 4) is 11.5 Å². The number of hydrogen-bond acceptors (Lipinski definition) is 7. The largest absolute Gasteiger partial charge is 0.465 e. The maximum Gasteiger partial charge on any atom is 0.338 e. The van der Waals surface area contributed by atoms with E-state index in [1.807, 2.05) is 0 Å². The number of nitro groups is 1. The number of imide groups is 1. The zero-order chi connectivity index (χ0) is 19.6. The zero-order valence-electron chi connectivity index (χ0n) is 14.2. The summed E-state index contributed by atoms with van der Waals surface area (Å²) in [6.45, 7) is 0. The van der Waals surface area contributed by atoms with Gasteiger partial charge in [-0.15, -0.1) is 0 Å². The summed E-state index contributed by atoms with van der Waals surface area (Å²) < 4.78 is 10.2. The van der Waals surface area contributed by atoms with Crippen LogP contribution in [0.5, 0.6) is 11.5 Å². The lowest BCUT2D eigenvalue weighted by Gasteiger charge is -2.19. The number of anilines is 1. The van der Waals surface area contributed by atoms with E-state index in [4.69, 9.17) is 4.74 Å². The van der Waals surface area contributed by atoms with Crippen LogP contribution in [0, 0.1) is 10.1 Å². The van der Waals surface area contributed by atoms with E-state index < -0.39 is 28.4 Å². The maximum atomic E-state index is 12.2. The molecule has 0 bridgehead atoms. The number of amides is 2. The van der Waals surface area contributed by atoms with E-state index in [9.17, 15) is 24.5 Å². The predicted octanol–water partition coefficient (Wildman–Crippen LogP) is 2.83. The number of hydrogen-bond donors (Lipinski definition) is 0. The van der Waals surface area contributed by atoms with Crippen molar-refractivity contribution in [2.24, 2.45) is 0 Å². The number of carbonyl (C=O) groups is 3. The van der Waals surface area contributed by atoms with E-state index in [2.05, 4.69) is 4.74 Å². The first-order valence-electron chi connectivity index (χ1n) is 7.92. The Hall–Kier alpha value is -3.75. The topological polar surface area (TPSA) is 116 Å². The van der Waals surface area contributed by atoms with Crippen LogP contribution in [0.25, 0.3) is 0 Å². The Balaban J connectivity index is 2.24. The summed E-state index contributed by atoms with van der Waals surface area (Å²) in [7, 11) is 1.12. The van der Waals surface area contributed by atoms with E-state index in [1.54, 1.807) is 30.3 Å². The van der Waals surface area contributed by atoms with Crippen LogP contribution in [0.3, 0.4) is 0 Å². The van der Waals surface area contributed by atoms with Gasteiger partial charge in [0, 0.05) is 18.9 Å². The summed E-state index contributed by atoms with van der Waals surface area (Å²) in [4.78, 5) is 47.9. The van der Waals surface area contributed by atoms with E-state index in [1.165, 1.54) is 6.07 Å². The lowest BCUT2D eigenvalue weighted by atomic mass is 10.1. The highest BCUT2D eigenvalue weighted by atomic mass is 16.6. The normalized spacial score (nSPS) is 13.6. The highest BCUT2D eigenvalue weighted by Crippen LogP contribution is 2.43. The van der Waals surface area contributed by atoms with Gasteiger partial charge in [0.15, 0.2) is 0 Å². The highest BCUT2D eigenvalue weighted by Gasteiger charge is 2.36. The summed E-state index contributed by atoms with van der Waals surface area (Å²) in [5, 5.41) is 11.6. The summed E-state index contributed by atoms with van der Waals surface area (Å²) >= 11 is 0. The molecule has 3 rings (SSSR count). The van der Waals surface area contributed by atoms with Crippen LogP contribution in [0.1, 0.15) is 23.2 Å². The van der Waals surface area contributed by atoms with Crippen LogP contribution >= 0.6 is 0 Å². The van der Waals surface area contributed by atoms with Gasteiger partial charge in [0.25, 0.3) is 0 Å². The quantitative estimate of drug-likeness (QED) is 0.344. The number of nitro benzene ring substituents is 1. The van der Waals surface area contributed by atoms with Crippen molar-refractivity contribution in [3.05, 3.63) is 58.1 Å². The molecule has 1 heterocycles. The lowest BCUT2D eigenvalue weighted by molar-refractivity contribution is -0.385. The molecule has 9 nitrogen and oxygen atoms in total. The first kappa shape index (κ1) is 18.1. The number of ether oxygens (including phenoxy) is 2. The standard InChI is InChI=1S/C18H14N2O7/c1-26-18(23)11-9-13(19-15(21)7-8-16(19)22)17(14(10-11)20(24)25)27-12-5-3-2-4-6-12/h2-6,9-10H,7-8H2,1H3. The predicted molar refractivity (Wildman–Crippen MR) is 92.7 cm³/mol. The lowest BCUT2D eigenvalue weighted by Crippen LogP contribution is -2.29. The molecule has 1 aliphatic heterocycles. The minimum atomic E-state index is -0.843. The monoisotopic (exact) mass is 370 g/mol. The van der Waals surface area contributed by atoms with Crippen molar-refractivity contribution in [2.75, 3.05) is 12.0 Å². The van der Waals surface area contributed by atoms with E-state index in [0.29, 0.717) is 0 Å². The third kappa shape index (κ3) is 3.47. The molecule has 27 heavy (non-hydrogen) atoms. The number of esters is 1. The smallest absolute Gasteiger partial charge is 0.338 e. The number of nitrogens with zero attached hydrogens (tertiary/aromatic N) is 2. The Kier molecular flexibility index (Phi) is 4.84. The fourth-order valence-electron chi connectivity index (χ4n) is 2.69. The molecule has 138 valence electrons. The molecule has 0 aliphatic carbocycles. The second kappa shape index (κ2) is 7.24. The van der Waals surface area contributed by atoms with E-state index in [0.717, 1.165) is 18.1 Å². The van der Waals surface area contributed by atoms with Gasteiger partial charge in [-0.25, -0.2) is 9.69 Å². The highest BCUT2D eigenvalue weighted by molar-refractivity contribution is 6.21. The summed E-state index contributed by atoms with van der Waals surface area (Å²) in [5.41, 5.74) is -0.905. The number of benzene rings is 2. The van der Waals surface area contributed by atoms with E-state index >= 15 is 0 Å². The van der Waals surface area contributed by atoms with Crippen molar-refractivity contribution in [2.45, 2.75) is 12.8 Å². The molecule has 2 aromatic carbocycles. The van der Waals surface area contributed by atoms with Gasteiger partial charge in [0.2, 0.25) is 17.6 Å². The average Bonchev–Trinajstić information content (AvgIpc) is 3.00. The van der Waals surface area contributed by atoms with E-state index in [-0.39, 0.29) is 35.6 Å². The zero-order valence-corrected chi connectivity index (χ0v) is 14.2. The fraction of sp³-hybridized carbons (Fsp3) is 0.167. The number of rotatable bonds is 5. The molecule has 0 N–H and O–H groups in total. The molecular formula is C18H14N2O7. The Morgan fingerprint density at radius 3 is 2.30 bits per heavy atom. The van der Waals surface area contributed by atoms with Gasteiger partial charge >= 0.3 is 11.7 Å². The van der Waals surface area contributed by atoms with Gasteiger partial charge in [-0.2, -0.15) is 0 Å². The first-order valence-corrected chi connectivity index (χ1v) is 7.92. The van der Waals surface area contributed by atoms with Crippen LogP contribution in [-0.2, 0) is 14.3 Å². The van der Waals surface area contributed by atoms with Gasteiger partial charge in [-0.3, -0.25) is 19.7 Å². The molecule has 9 heteroatoms. The number of carbonyl (C=O) groups excluding carboxylic acids is 3. The molecule has 2 aromatic rings. The molecule has 0 spiro atoms. The van der Waals surface area contributed by atoms with Gasteiger partial charge in [0.1, 0.15) is 11.4 Å². The van der Waals surface area contributed by atoms with Crippen LogP contribution in [0.4, 0.5) is 11.4 Å². The van der Waals surface area contributed by atoms with Crippen molar-refractivity contribution >= 4 is 29.2 Å². The molecule has 0 radical (unpaired) electrons. The molecule has 1 fully saturated rings. The molecular weight excluding hydrogens is 356 g/mol. The first-order chi connectivity index (χ1) is 12.9. The van der Waals surface area contributed by atoms with Crippen molar-refractivity contribution in [1.82, 2.24) is 0 Å². The third-order valence-corrected chi connectivity index (χ3v) is 3.92.